The minimum absolute atomic E-state index is 0.223. The lowest BCUT2D eigenvalue weighted by Crippen LogP contribution is -2.36. The zero-order chi connectivity index (χ0) is 13.1. The molecule has 0 spiro atoms. The van der Waals surface area contributed by atoms with Crippen LogP contribution in [0, 0.1) is 0 Å². The van der Waals surface area contributed by atoms with Crippen molar-refractivity contribution < 1.29 is 4.74 Å². The molecule has 0 radical (unpaired) electrons. The van der Waals surface area contributed by atoms with Gasteiger partial charge in [0.1, 0.15) is 4.99 Å². The van der Waals surface area contributed by atoms with Gasteiger partial charge in [0.15, 0.2) is 0 Å². The fraction of sp³-hybridized carbons (Fsp3) is 0.417. The molecule has 0 aliphatic rings. The van der Waals surface area contributed by atoms with E-state index in [9.17, 15) is 0 Å². The van der Waals surface area contributed by atoms with Crippen LogP contribution in [0.5, 0.6) is 0 Å². The first-order valence-electron chi connectivity index (χ1n) is 5.22. The van der Waals surface area contributed by atoms with Crippen molar-refractivity contribution in [1.29, 1.82) is 0 Å². The van der Waals surface area contributed by atoms with Crippen LogP contribution in [0.3, 0.4) is 0 Å². The van der Waals surface area contributed by atoms with Crippen LogP contribution in [-0.2, 0) is 4.74 Å². The summed E-state index contributed by atoms with van der Waals surface area (Å²) in [7, 11) is 1.66. The van der Waals surface area contributed by atoms with Gasteiger partial charge in [-0.25, -0.2) is 0 Å². The Morgan fingerprint density at radius 3 is 2.71 bits per heavy atom. The molecule has 0 aromatic heterocycles. The van der Waals surface area contributed by atoms with Gasteiger partial charge in [-0.3, -0.25) is 0 Å². The highest BCUT2D eigenvalue weighted by atomic mass is 35.5. The van der Waals surface area contributed by atoms with Crippen LogP contribution >= 0.6 is 23.8 Å². The number of nitrogens with two attached hydrogens (primary N) is 1. The standard InChI is InChI=1S/C12H17ClN2OS/c1-12(2,7-16-3)15-10-6-8(13)4-5-9(10)11(14)17/h4-6,15H,7H2,1-3H3,(H2,14,17). The van der Waals surface area contributed by atoms with Crippen LogP contribution in [0.15, 0.2) is 18.2 Å². The molecule has 1 aromatic rings. The highest BCUT2D eigenvalue weighted by Gasteiger charge is 2.19. The summed E-state index contributed by atoms with van der Waals surface area (Å²) in [4.78, 5) is 0.345. The molecule has 0 fully saturated rings. The molecule has 94 valence electrons. The number of hydrogen-bond donors (Lipinski definition) is 2. The van der Waals surface area contributed by atoms with E-state index in [1.807, 2.05) is 26.0 Å². The van der Waals surface area contributed by atoms with Gasteiger partial charge >= 0.3 is 0 Å². The Morgan fingerprint density at radius 1 is 1.53 bits per heavy atom. The molecule has 17 heavy (non-hydrogen) atoms. The summed E-state index contributed by atoms with van der Waals surface area (Å²) in [5.41, 5.74) is 7.06. The van der Waals surface area contributed by atoms with Gasteiger partial charge in [-0.1, -0.05) is 23.8 Å². The second-order valence-electron chi connectivity index (χ2n) is 4.50. The Labute approximate surface area is 112 Å². The fourth-order valence-corrected chi connectivity index (χ4v) is 1.95. The van der Waals surface area contributed by atoms with E-state index in [2.05, 4.69) is 5.32 Å². The maximum atomic E-state index is 5.97. The molecule has 0 saturated carbocycles. The van der Waals surface area contributed by atoms with Crippen LogP contribution in [-0.4, -0.2) is 24.2 Å². The van der Waals surface area contributed by atoms with Crippen LogP contribution < -0.4 is 11.1 Å². The second kappa shape index (κ2) is 5.67. The largest absolute Gasteiger partial charge is 0.389 e. The molecule has 0 aliphatic heterocycles. The Bertz CT molecular complexity index is 421. The lowest BCUT2D eigenvalue weighted by atomic mass is 10.0. The van der Waals surface area contributed by atoms with Crippen LogP contribution in [0.4, 0.5) is 5.69 Å². The average molecular weight is 273 g/mol. The zero-order valence-corrected chi connectivity index (χ0v) is 11.8. The van der Waals surface area contributed by atoms with Gasteiger partial charge in [0.05, 0.1) is 12.1 Å². The van der Waals surface area contributed by atoms with Gasteiger partial charge in [-0.2, -0.15) is 0 Å². The third kappa shape index (κ3) is 4.15. The van der Waals surface area contributed by atoms with E-state index in [0.29, 0.717) is 16.6 Å². The van der Waals surface area contributed by atoms with E-state index in [4.69, 9.17) is 34.3 Å². The SMILES string of the molecule is COCC(C)(C)Nc1cc(Cl)ccc1C(N)=S. The second-order valence-corrected chi connectivity index (χ2v) is 5.37. The molecule has 5 heteroatoms. The summed E-state index contributed by atoms with van der Waals surface area (Å²) in [6.07, 6.45) is 0. The summed E-state index contributed by atoms with van der Waals surface area (Å²) < 4.78 is 5.15. The van der Waals surface area contributed by atoms with Gasteiger partial charge in [0, 0.05) is 23.4 Å². The molecule has 0 bridgehead atoms. The van der Waals surface area contributed by atoms with Crippen molar-refractivity contribution in [3.8, 4) is 0 Å². The number of hydrogen-bond acceptors (Lipinski definition) is 3. The molecule has 0 aliphatic carbocycles. The lowest BCUT2D eigenvalue weighted by molar-refractivity contribution is 0.158. The monoisotopic (exact) mass is 272 g/mol. The van der Waals surface area contributed by atoms with Gasteiger partial charge in [-0.15, -0.1) is 0 Å². The van der Waals surface area contributed by atoms with Crippen LogP contribution in [0.1, 0.15) is 19.4 Å². The van der Waals surface area contributed by atoms with E-state index in [1.54, 1.807) is 13.2 Å². The van der Waals surface area contributed by atoms with E-state index in [-0.39, 0.29) is 5.54 Å². The Morgan fingerprint density at radius 2 is 2.18 bits per heavy atom. The lowest BCUT2D eigenvalue weighted by Gasteiger charge is -2.28. The van der Waals surface area contributed by atoms with E-state index < -0.39 is 0 Å². The van der Waals surface area contributed by atoms with Crippen molar-refractivity contribution in [3.05, 3.63) is 28.8 Å². The molecule has 0 atom stereocenters. The molecular weight excluding hydrogens is 256 g/mol. The molecule has 0 amide bonds. The van der Waals surface area contributed by atoms with E-state index in [0.717, 1.165) is 11.3 Å². The summed E-state index contributed by atoms with van der Waals surface area (Å²) >= 11 is 11.0. The first-order chi connectivity index (χ1) is 7.85. The molecule has 3 nitrogen and oxygen atoms in total. The minimum atomic E-state index is -0.223. The normalized spacial score (nSPS) is 11.3. The maximum Gasteiger partial charge on any atom is 0.106 e. The summed E-state index contributed by atoms with van der Waals surface area (Å²) in [5.74, 6) is 0. The third-order valence-corrected chi connectivity index (χ3v) is 2.68. The van der Waals surface area contributed by atoms with Crippen molar-refractivity contribution in [2.24, 2.45) is 5.73 Å². The Hall–Kier alpha value is -0.840. The quantitative estimate of drug-likeness (QED) is 0.810. The maximum absolute atomic E-state index is 5.97. The van der Waals surface area contributed by atoms with Crippen LogP contribution in [0.2, 0.25) is 5.02 Å². The van der Waals surface area contributed by atoms with Crippen molar-refractivity contribution in [2.45, 2.75) is 19.4 Å². The van der Waals surface area contributed by atoms with E-state index >= 15 is 0 Å². The van der Waals surface area contributed by atoms with Gasteiger partial charge in [-0.05, 0) is 32.0 Å². The van der Waals surface area contributed by atoms with Crippen LogP contribution in [0.25, 0.3) is 0 Å². The average Bonchev–Trinajstić information content (AvgIpc) is 2.15. The summed E-state index contributed by atoms with van der Waals surface area (Å²) in [5, 5.41) is 3.97. The third-order valence-electron chi connectivity index (χ3n) is 2.23. The zero-order valence-electron chi connectivity index (χ0n) is 10.2. The number of halogens is 1. The number of methoxy groups -OCH3 is 1. The summed E-state index contributed by atoms with van der Waals surface area (Å²) in [6, 6.07) is 5.40. The number of nitrogens with one attached hydrogen (secondary N) is 1. The first kappa shape index (κ1) is 14.2. The topological polar surface area (TPSA) is 47.3 Å². The first-order valence-corrected chi connectivity index (χ1v) is 6.01. The number of anilines is 1. The van der Waals surface area contributed by atoms with Gasteiger partial charge in [0.2, 0.25) is 0 Å². The summed E-state index contributed by atoms with van der Waals surface area (Å²) in [6.45, 7) is 4.62. The molecule has 3 N–H and O–H groups in total. The van der Waals surface area contributed by atoms with Crippen molar-refractivity contribution in [3.63, 3.8) is 0 Å². The fourth-order valence-electron chi connectivity index (χ4n) is 1.60. The highest BCUT2D eigenvalue weighted by molar-refractivity contribution is 7.80. The Balaban J connectivity index is 3.04. The molecule has 0 unspecified atom stereocenters. The van der Waals surface area contributed by atoms with Gasteiger partial charge in [0.25, 0.3) is 0 Å². The molecule has 0 saturated heterocycles. The number of rotatable bonds is 5. The van der Waals surface area contributed by atoms with Crippen molar-refractivity contribution in [2.75, 3.05) is 19.0 Å². The highest BCUT2D eigenvalue weighted by Crippen LogP contribution is 2.24. The predicted octanol–water partition coefficient (Wildman–Crippen LogP) is 2.81. The van der Waals surface area contributed by atoms with E-state index in [1.165, 1.54) is 0 Å². The predicted molar refractivity (Wildman–Crippen MR) is 76.9 cm³/mol. The molecular formula is C12H17ClN2OS. The van der Waals surface area contributed by atoms with Crippen molar-refractivity contribution in [1.82, 2.24) is 0 Å². The number of thiocarbonyl (C=S) groups is 1. The molecule has 1 aromatic carbocycles. The van der Waals surface area contributed by atoms with Crippen molar-refractivity contribution >= 4 is 34.5 Å². The Kier molecular flexibility index (Phi) is 4.74. The minimum Gasteiger partial charge on any atom is -0.389 e. The smallest absolute Gasteiger partial charge is 0.106 e. The van der Waals surface area contributed by atoms with Gasteiger partial charge < -0.3 is 15.8 Å². The molecule has 0 heterocycles. The number of benzene rings is 1. The molecule has 1 rings (SSSR count). The number of ether oxygens (including phenoxy) is 1.